The average Bonchev–Trinajstić information content (AvgIpc) is 2.96. The van der Waals surface area contributed by atoms with Crippen molar-refractivity contribution >= 4 is 11.6 Å². The number of imidazole rings is 1. The molecule has 0 saturated heterocycles. The molecule has 0 aliphatic carbocycles. The van der Waals surface area contributed by atoms with Crippen LogP contribution in [0.1, 0.15) is 5.56 Å². The lowest BCUT2D eigenvalue weighted by atomic mass is 10.2. The first kappa shape index (κ1) is 14.5. The smallest absolute Gasteiger partial charge is 0.173 e. The van der Waals surface area contributed by atoms with Crippen LogP contribution in [0.25, 0.3) is 11.4 Å². The second kappa shape index (κ2) is 6.15. The molecular weight excluding hydrogens is 305 g/mol. The molecule has 2 aromatic heterocycles. The first-order valence-electron chi connectivity index (χ1n) is 6.62. The second-order valence-corrected chi connectivity index (χ2v) is 5.11. The van der Waals surface area contributed by atoms with Gasteiger partial charge in [0, 0.05) is 36.9 Å². The molecule has 0 aliphatic heterocycles. The molecule has 0 saturated carbocycles. The van der Waals surface area contributed by atoms with Crippen molar-refractivity contribution in [3.05, 3.63) is 65.5 Å². The predicted octanol–water partition coefficient (Wildman–Crippen LogP) is 3.79. The molecule has 0 N–H and O–H groups in total. The van der Waals surface area contributed by atoms with Gasteiger partial charge in [0.25, 0.3) is 0 Å². The largest absolute Gasteiger partial charge is 0.492 e. The van der Waals surface area contributed by atoms with Gasteiger partial charge in [-0.15, -0.1) is 0 Å². The van der Waals surface area contributed by atoms with E-state index in [2.05, 4.69) is 9.97 Å². The van der Waals surface area contributed by atoms with Crippen LogP contribution >= 0.6 is 11.6 Å². The van der Waals surface area contributed by atoms with Crippen molar-refractivity contribution in [2.75, 3.05) is 7.11 Å². The molecule has 2 heterocycles. The zero-order valence-corrected chi connectivity index (χ0v) is 12.6. The van der Waals surface area contributed by atoms with Crippen LogP contribution in [0.2, 0.25) is 5.02 Å². The van der Waals surface area contributed by atoms with Gasteiger partial charge in [-0.1, -0.05) is 11.6 Å². The molecule has 3 rings (SSSR count). The Balaban J connectivity index is 1.98. The standard InChI is InChI=1S/C16H13ClFN3O/c1-22-15-13(17)8-12(9-14(15)18)16-20-6-7-21(16)10-11-2-4-19-5-3-11/h2-9H,10H2,1H3. The maximum absolute atomic E-state index is 14.0. The van der Waals surface area contributed by atoms with Gasteiger partial charge in [0.2, 0.25) is 0 Å². The number of aromatic nitrogens is 3. The minimum absolute atomic E-state index is 0.0395. The average molecular weight is 318 g/mol. The summed E-state index contributed by atoms with van der Waals surface area (Å²) in [5, 5.41) is 0.218. The van der Waals surface area contributed by atoms with Crippen molar-refractivity contribution in [3.8, 4) is 17.1 Å². The van der Waals surface area contributed by atoms with Gasteiger partial charge in [0.15, 0.2) is 11.6 Å². The zero-order chi connectivity index (χ0) is 15.5. The first-order valence-corrected chi connectivity index (χ1v) is 7.00. The number of ether oxygens (including phenoxy) is 1. The molecule has 3 aromatic rings. The molecule has 0 amide bonds. The van der Waals surface area contributed by atoms with Crippen molar-refractivity contribution in [1.29, 1.82) is 0 Å². The number of benzene rings is 1. The summed E-state index contributed by atoms with van der Waals surface area (Å²) >= 11 is 6.05. The number of hydrogen-bond acceptors (Lipinski definition) is 3. The monoisotopic (exact) mass is 317 g/mol. The third kappa shape index (κ3) is 2.80. The highest BCUT2D eigenvalue weighted by Crippen LogP contribution is 2.32. The SMILES string of the molecule is COc1c(F)cc(-c2nccn2Cc2ccncc2)cc1Cl. The van der Waals surface area contributed by atoms with E-state index in [1.54, 1.807) is 24.7 Å². The van der Waals surface area contributed by atoms with E-state index in [0.717, 1.165) is 5.56 Å². The van der Waals surface area contributed by atoms with Crippen LogP contribution in [0.3, 0.4) is 0 Å². The Labute approximate surface area is 132 Å². The van der Waals surface area contributed by atoms with Gasteiger partial charge in [-0.05, 0) is 29.8 Å². The van der Waals surface area contributed by atoms with E-state index in [1.165, 1.54) is 13.2 Å². The molecule has 22 heavy (non-hydrogen) atoms. The molecule has 0 spiro atoms. The Morgan fingerprint density at radius 1 is 1.23 bits per heavy atom. The molecule has 4 nitrogen and oxygen atoms in total. The zero-order valence-electron chi connectivity index (χ0n) is 11.8. The summed E-state index contributed by atoms with van der Waals surface area (Å²) in [6, 6.07) is 6.86. The van der Waals surface area contributed by atoms with Crippen LogP contribution in [-0.2, 0) is 6.54 Å². The van der Waals surface area contributed by atoms with Crippen molar-refractivity contribution in [1.82, 2.24) is 14.5 Å². The summed E-state index contributed by atoms with van der Waals surface area (Å²) < 4.78 is 20.9. The quantitative estimate of drug-likeness (QED) is 0.735. The molecule has 1 aromatic carbocycles. The summed E-state index contributed by atoms with van der Waals surface area (Å²) in [5.74, 6) is 0.168. The summed E-state index contributed by atoms with van der Waals surface area (Å²) in [6.45, 7) is 0.614. The summed E-state index contributed by atoms with van der Waals surface area (Å²) in [7, 11) is 1.38. The van der Waals surface area contributed by atoms with Crippen LogP contribution in [0.15, 0.2) is 49.1 Å². The maximum atomic E-state index is 14.0. The predicted molar refractivity (Wildman–Crippen MR) is 82.5 cm³/mol. The first-order chi connectivity index (χ1) is 10.7. The third-order valence-electron chi connectivity index (χ3n) is 3.28. The van der Waals surface area contributed by atoms with Gasteiger partial charge < -0.3 is 9.30 Å². The lowest BCUT2D eigenvalue weighted by molar-refractivity contribution is 0.387. The van der Waals surface area contributed by atoms with Gasteiger partial charge in [0.05, 0.1) is 12.1 Å². The lowest BCUT2D eigenvalue weighted by Crippen LogP contribution is -2.02. The normalized spacial score (nSPS) is 10.7. The Morgan fingerprint density at radius 2 is 2.00 bits per heavy atom. The fraction of sp³-hybridized carbons (Fsp3) is 0.125. The number of hydrogen-bond donors (Lipinski definition) is 0. The van der Waals surface area contributed by atoms with Gasteiger partial charge in [-0.25, -0.2) is 9.37 Å². The van der Waals surface area contributed by atoms with Crippen LogP contribution in [0.4, 0.5) is 4.39 Å². The van der Waals surface area contributed by atoms with E-state index in [-0.39, 0.29) is 10.8 Å². The van der Waals surface area contributed by atoms with Crippen molar-refractivity contribution in [2.45, 2.75) is 6.54 Å². The molecule has 0 unspecified atom stereocenters. The summed E-state index contributed by atoms with van der Waals surface area (Å²) in [5.41, 5.74) is 1.68. The summed E-state index contributed by atoms with van der Waals surface area (Å²) in [6.07, 6.45) is 6.98. The Morgan fingerprint density at radius 3 is 2.68 bits per heavy atom. The van der Waals surface area contributed by atoms with Gasteiger partial charge in [0.1, 0.15) is 5.82 Å². The number of nitrogens with zero attached hydrogens (tertiary/aromatic N) is 3. The van der Waals surface area contributed by atoms with E-state index < -0.39 is 5.82 Å². The molecule has 0 bridgehead atoms. The maximum Gasteiger partial charge on any atom is 0.173 e. The minimum atomic E-state index is -0.511. The molecule has 0 atom stereocenters. The lowest BCUT2D eigenvalue weighted by Gasteiger charge is -2.10. The number of pyridine rings is 1. The fourth-order valence-electron chi connectivity index (χ4n) is 2.27. The molecule has 6 heteroatoms. The van der Waals surface area contributed by atoms with Gasteiger partial charge in [-0.3, -0.25) is 4.98 Å². The number of rotatable bonds is 4. The van der Waals surface area contributed by atoms with E-state index in [0.29, 0.717) is 17.9 Å². The fourth-order valence-corrected chi connectivity index (χ4v) is 2.55. The topological polar surface area (TPSA) is 39.9 Å². The van der Waals surface area contributed by atoms with Gasteiger partial charge in [-0.2, -0.15) is 0 Å². The van der Waals surface area contributed by atoms with E-state index in [9.17, 15) is 4.39 Å². The van der Waals surface area contributed by atoms with E-state index in [4.69, 9.17) is 16.3 Å². The van der Waals surface area contributed by atoms with Crippen molar-refractivity contribution < 1.29 is 9.13 Å². The highest BCUT2D eigenvalue weighted by atomic mass is 35.5. The third-order valence-corrected chi connectivity index (χ3v) is 3.56. The van der Waals surface area contributed by atoms with Crippen molar-refractivity contribution in [2.24, 2.45) is 0 Å². The van der Waals surface area contributed by atoms with E-state index in [1.807, 2.05) is 22.9 Å². The highest BCUT2D eigenvalue weighted by Gasteiger charge is 2.14. The van der Waals surface area contributed by atoms with Crippen molar-refractivity contribution in [3.63, 3.8) is 0 Å². The number of halogens is 2. The van der Waals surface area contributed by atoms with Crippen LogP contribution in [0, 0.1) is 5.82 Å². The minimum Gasteiger partial charge on any atom is -0.492 e. The molecule has 112 valence electrons. The highest BCUT2D eigenvalue weighted by molar-refractivity contribution is 6.32. The van der Waals surface area contributed by atoms with E-state index >= 15 is 0 Å². The molecular formula is C16H13ClFN3O. The van der Waals surface area contributed by atoms with Crippen LogP contribution in [-0.4, -0.2) is 21.6 Å². The van der Waals surface area contributed by atoms with Crippen LogP contribution < -0.4 is 4.74 Å². The Kier molecular flexibility index (Phi) is 4.06. The number of methoxy groups -OCH3 is 1. The Bertz CT molecular complexity index is 766. The summed E-state index contributed by atoms with van der Waals surface area (Å²) in [4.78, 5) is 8.29. The molecule has 0 aliphatic rings. The second-order valence-electron chi connectivity index (χ2n) is 4.71. The molecule has 0 radical (unpaired) electrons. The Hall–Kier alpha value is -2.40. The van der Waals surface area contributed by atoms with Gasteiger partial charge >= 0.3 is 0 Å². The molecule has 0 fully saturated rings. The van der Waals surface area contributed by atoms with Crippen LogP contribution in [0.5, 0.6) is 5.75 Å².